The second-order valence-corrected chi connectivity index (χ2v) is 7.54. The lowest BCUT2D eigenvalue weighted by Crippen LogP contribution is -2.49. The molecule has 0 aliphatic carbocycles. The zero-order chi connectivity index (χ0) is 20.6. The maximum absolute atomic E-state index is 12.4. The van der Waals surface area contributed by atoms with Gasteiger partial charge < -0.3 is 10.6 Å². The number of aliphatic imine (C=N–C) groups is 1. The van der Waals surface area contributed by atoms with Crippen LogP contribution < -0.4 is 10.6 Å². The summed E-state index contributed by atoms with van der Waals surface area (Å²) in [6.45, 7) is 4.91. The van der Waals surface area contributed by atoms with Gasteiger partial charge in [0.05, 0.1) is 6.54 Å². The molecule has 0 aromatic heterocycles. The molecule has 0 radical (unpaired) electrons. The van der Waals surface area contributed by atoms with Gasteiger partial charge in [-0.05, 0) is 32.4 Å². The third-order valence-corrected chi connectivity index (χ3v) is 4.88. The largest absolute Gasteiger partial charge is 0.401 e. The number of likely N-dealkylation sites (tertiary alicyclic amines) is 1. The Kier molecular flexibility index (Phi) is 8.57. The van der Waals surface area contributed by atoms with Crippen LogP contribution in [0.4, 0.5) is 13.2 Å². The predicted octanol–water partition coefficient (Wildman–Crippen LogP) is 2.62. The van der Waals surface area contributed by atoms with E-state index >= 15 is 0 Å². The van der Waals surface area contributed by atoms with Gasteiger partial charge in [0.25, 0.3) is 0 Å². The van der Waals surface area contributed by atoms with Crippen molar-refractivity contribution in [2.75, 3.05) is 46.8 Å². The first-order chi connectivity index (χ1) is 13.2. The number of halogens is 3. The fraction of sp³-hybridized carbons (Fsp3) is 0.650. The number of alkyl halides is 3. The van der Waals surface area contributed by atoms with E-state index in [0.29, 0.717) is 25.1 Å². The molecule has 28 heavy (non-hydrogen) atoms. The van der Waals surface area contributed by atoms with Gasteiger partial charge in [-0.2, -0.15) is 13.2 Å². The van der Waals surface area contributed by atoms with E-state index < -0.39 is 12.7 Å². The first-order valence-corrected chi connectivity index (χ1v) is 9.75. The van der Waals surface area contributed by atoms with E-state index in [0.717, 1.165) is 32.5 Å². The Morgan fingerprint density at radius 1 is 1.29 bits per heavy atom. The summed E-state index contributed by atoms with van der Waals surface area (Å²) in [5.41, 5.74) is 2.62. The van der Waals surface area contributed by atoms with Gasteiger partial charge in [-0.25, -0.2) is 0 Å². The minimum Gasteiger partial charge on any atom is -0.355 e. The van der Waals surface area contributed by atoms with Crippen LogP contribution in [0.5, 0.6) is 0 Å². The third-order valence-electron chi connectivity index (χ3n) is 4.88. The third kappa shape index (κ3) is 8.48. The summed E-state index contributed by atoms with van der Waals surface area (Å²) in [6.07, 6.45) is -2.14. The molecule has 0 unspecified atom stereocenters. The van der Waals surface area contributed by atoms with Gasteiger partial charge in [0.15, 0.2) is 5.96 Å². The van der Waals surface area contributed by atoms with E-state index in [9.17, 15) is 13.2 Å². The lowest BCUT2D eigenvalue weighted by atomic mass is 10.0. The Morgan fingerprint density at radius 2 is 2.00 bits per heavy atom. The number of hydrogen-bond acceptors (Lipinski definition) is 3. The molecule has 158 valence electrons. The topological polar surface area (TPSA) is 42.9 Å². The molecule has 1 saturated heterocycles. The summed E-state index contributed by atoms with van der Waals surface area (Å²) in [6, 6.07) is 8.93. The zero-order valence-corrected chi connectivity index (χ0v) is 17.0. The van der Waals surface area contributed by atoms with E-state index in [4.69, 9.17) is 0 Å². The van der Waals surface area contributed by atoms with Gasteiger partial charge in [0.2, 0.25) is 0 Å². The maximum atomic E-state index is 12.4. The van der Waals surface area contributed by atoms with Crippen LogP contribution >= 0.6 is 0 Å². The van der Waals surface area contributed by atoms with Gasteiger partial charge >= 0.3 is 6.18 Å². The smallest absolute Gasteiger partial charge is 0.355 e. The SMILES string of the molecule is CN=C(NCCN(C)CC(F)(F)F)NC1CCN(Cc2cccc(C)c2)CC1. The molecular formula is C20H32F3N5. The van der Waals surface area contributed by atoms with E-state index in [1.807, 2.05) is 0 Å². The van der Waals surface area contributed by atoms with Crippen LogP contribution in [0.15, 0.2) is 29.3 Å². The normalized spacial score (nSPS) is 17.2. The zero-order valence-electron chi connectivity index (χ0n) is 17.0. The molecule has 1 fully saturated rings. The van der Waals surface area contributed by atoms with E-state index in [-0.39, 0.29) is 0 Å². The molecule has 2 rings (SSSR count). The average Bonchev–Trinajstić information content (AvgIpc) is 2.61. The van der Waals surface area contributed by atoms with E-state index in [1.54, 1.807) is 7.05 Å². The number of nitrogens with one attached hydrogen (secondary N) is 2. The molecule has 0 bridgehead atoms. The minimum atomic E-state index is -4.17. The van der Waals surface area contributed by atoms with E-state index in [1.165, 1.54) is 23.1 Å². The molecular weight excluding hydrogens is 367 g/mol. The second kappa shape index (κ2) is 10.7. The molecule has 1 aromatic rings. The number of piperidine rings is 1. The summed E-state index contributed by atoms with van der Waals surface area (Å²) in [5, 5.41) is 6.50. The number of guanidine groups is 1. The highest BCUT2D eigenvalue weighted by Gasteiger charge is 2.28. The molecule has 5 nitrogen and oxygen atoms in total. The number of rotatable bonds is 7. The van der Waals surface area contributed by atoms with Crippen LogP contribution in [0.1, 0.15) is 24.0 Å². The Balaban J connectivity index is 1.67. The number of hydrogen-bond donors (Lipinski definition) is 2. The lowest BCUT2D eigenvalue weighted by Gasteiger charge is -2.33. The highest BCUT2D eigenvalue weighted by atomic mass is 19.4. The average molecular weight is 400 g/mol. The molecule has 0 spiro atoms. The lowest BCUT2D eigenvalue weighted by molar-refractivity contribution is -0.142. The number of benzene rings is 1. The predicted molar refractivity (Wildman–Crippen MR) is 108 cm³/mol. The Hall–Kier alpha value is -1.80. The molecule has 0 amide bonds. The van der Waals surface area contributed by atoms with Crippen molar-refractivity contribution in [1.29, 1.82) is 0 Å². The molecule has 1 aromatic carbocycles. The molecule has 1 heterocycles. The fourth-order valence-electron chi connectivity index (χ4n) is 3.44. The number of likely N-dealkylation sites (N-methyl/N-ethyl adjacent to an activating group) is 1. The highest BCUT2D eigenvalue weighted by Crippen LogP contribution is 2.16. The van der Waals surface area contributed by atoms with Crippen molar-refractivity contribution < 1.29 is 13.2 Å². The van der Waals surface area contributed by atoms with Crippen LogP contribution in [-0.4, -0.2) is 74.8 Å². The Labute approximate surface area is 166 Å². The Morgan fingerprint density at radius 3 is 2.61 bits per heavy atom. The van der Waals surface area contributed by atoms with Crippen LogP contribution in [-0.2, 0) is 6.54 Å². The van der Waals surface area contributed by atoms with Gasteiger partial charge in [-0.15, -0.1) is 0 Å². The van der Waals surface area contributed by atoms with Crippen molar-refractivity contribution in [3.63, 3.8) is 0 Å². The molecule has 1 aliphatic heterocycles. The first kappa shape index (κ1) is 22.5. The summed E-state index contributed by atoms with van der Waals surface area (Å²) in [7, 11) is 3.15. The highest BCUT2D eigenvalue weighted by molar-refractivity contribution is 5.79. The monoisotopic (exact) mass is 399 g/mol. The van der Waals surface area contributed by atoms with Crippen molar-refractivity contribution in [3.8, 4) is 0 Å². The molecule has 0 atom stereocenters. The minimum absolute atomic E-state index is 0.301. The van der Waals surface area contributed by atoms with Gasteiger partial charge in [0.1, 0.15) is 0 Å². The first-order valence-electron chi connectivity index (χ1n) is 9.75. The summed E-state index contributed by atoms with van der Waals surface area (Å²) in [4.78, 5) is 7.90. The number of nitrogens with zero attached hydrogens (tertiary/aromatic N) is 3. The van der Waals surface area contributed by atoms with E-state index in [2.05, 4.69) is 51.7 Å². The van der Waals surface area contributed by atoms with Crippen LogP contribution in [0.3, 0.4) is 0 Å². The van der Waals surface area contributed by atoms with Crippen molar-refractivity contribution in [1.82, 2.24) is 20.4 Å². The molecule has 2 N–H and O–H groups in total. The van der Waals surface area contributed by atoms with Crippen LogP contribution in [0.25, 0.3) is 0 Å². The van der Waals surface area contributed by atoms with Crippen molar-refractivity contribution in [2.24, 2.45) is 4.99 Å². The van der Waals surface area contributed by atoms with Crippen LogP contribution in [0, 0.1) is 6.92 Å². The second-order valence-electron chi connectivity index (χ2n) is 7.54. The quantitative estimate of drug-likeness (QED) is 0.547. The fourth-order valence-corrected chi connectivity index (χ4v) is 3.44. The van der Waals surface area contributed by atoms with Crippen molar-refractivity contribution in [2.45, 2.75) is 38.5 Å². The molecule has 8 heteroatoms. The summed E-state index contributed by atoms with van der Waals surface area (Å²) < 4.78 is 37.1. The van der Waals surface area contributed by atoms with Crippen molar-refractivity contribution >= 4 is 5.96 Å². The van der Waals surface area contributed by atoms with Crippen LogP contribution in [0.2, 0.25) is 0 Å². The van der Waals surface area contributed by atoms with Gasteiger partial charge in [-0.1, -0.05) is 29.8 Å². The number of aryl methyl sites for hydroxylation is 1. The standard InChI is InChI=1S/C20H32F3N5/c1-16-5-4-6-17(13-16)14-28-10-7-18(8-11-28)26-19(24-2)25-9-12-27(3)15-20(21,22)23/h4-6,13,18H,7-12,14-15H2,1-3H3,(H2,24,25,26). The van der Waals surface area contributed by atoms with Gasteiger partial charge in [-0.3, -0.25) is 14.8 Å². The molecule has 1 aliphatic rings. The van der Waals surface area contributed by atoms with Crippen molar-refractivity contribution in [3.05, 3.63) is 35.4 Å². The summed E-state index contributed by atoms with van der Waals surface area (Å²) >= 11 is 0. The Bertz CT molecular complexity index is 625. The summed E-state index contributed by atoms with van der Waals surface area (Å²) in [5.74, 6) is 0.651. The van der Waals surface area contributed by atoms with Gasteiger partial charge in [0, 0.05) is 45.8 Å². The molecule has 0 saturated carbocycles. The maximum Gasteiger partial charge on any atom is 0.401 e.